The molecule has 0 atom stereocenters. The van der Waals surface area contributed by atoms with E-state index in [1.54, 1.807) is 6.92 Å². The first-order valence-corrected chi connectivity index (χ1v) is 10.8. The van der Waals surface area contributed by atoms with E-state index in [0.717, 1.165) is 0 Å². The molecule has 0 N–H and O–H groups in total. The quantitative estimate of drug-likeness (QED) is 0.244. The Bertz CT molecular complexity index is 394. The molecule has 1 aromatic rings. The van der Waals surface area contributed by atoms with Crippen LogP contribution in [0.2, 0.25) is 20.1 Å². The fraction of sp³-hybridized carbons (Fsp3) is 0.250. The largest absolute Gasteiger partial charge is 0.345 e. The van der Waals surface area contributed by atoms with Gasteiger partial charge in [-0.2, -0.15) is 0 Å². The Labute approximate surface area is 129 Å². The average Bonchev–Trinajstić information content (AvgIpc) is 2.17. The Kier molecular flexibility index (Phi) is 5.46. The van der Waals surface area contributed by atoms with Gasteiger partial charge in [-0.25, -0.2) is 0 Å². The molecule has 1 aromatic carbocycles. The van der Waals surface area contributed by atoms with E-state index in [1.807, 2.05) is 0 Å². The van der Waals surface area contributed by atoms with Gasteiger partial charge in [-0.05, 0) is 18.1 Å². The van der Waals surface area contributed by atoms with E-state index in [9.17, 15) is 0 Å². The first kappa shape index (κ1) is 15.5. The Balaban J connectivity index is 3.40. The van der Waals surface area contributed by atoms with Crippen molar-refractivity contribution in [1.82, 2.24) is 0 Å². The van der Waals surface area contributed by atoms with Crippen LogP contribution < -0.4 is 0 Å². The molecule has 0 radical (unpaired) electrons. The topological polar surface area (TPSA) is 0 Å². The maximum Gasteiger partial charge on any atom is 0.345 e. The molecule has 0 amide bonds. The standard InChI is InChI=1S/C8H5Cl7Si/c1-3-5(9)4(2-16(13,14)15)7(11)8(12)6(3)10/h2H2,1H3. The molecule has 0 aliphatic rings. The van der Waals surface area contributed by atoms with Crippen LogP contribution in [0.15, 0.2) is 0 Å². The molecule has 0 aliphatic carbocycles. The van der Waals surface area contributed by atoms with Crippen molar-refractivity contribution in [2.24, 2.45) is 0 Å². The van der Waals surface area contributed by atoms with Gasteiger partial charge in [0.1, 0.15) is 0 Å². The van der Waals surface area contributed by atoms with E-state index >= 15 is 0 Å². The predicted octanol–water partition coefficient (Wildman–Crippen LogP) is 6.35. The van der Waals surface area contributed by atoms with Crippen LogP contribution in [0.3, 0.4) is 0 Å². The lowest BCUT2D eigenvalue weighted by Crippen LogP contribution is -2.15. The minimum absolute atomic E-state index is 0.201. The minimum atomic E-state index is -2.88. The Morgan fingerprint density at radius 3 is 1.75 bits per heavy atom. The van der Waals surface area contributed by atoms with E-state index in [1.165, 1.54) is 0 Å². The molecule has 0 heterocycles. The van der Waals surface area contributed by atoms with Crippen molar-refractivity contribution >= 4 is 85.6 Å². The van der Waals surface area contributed by atoms with E-state index in [-0.39, 0.29) is 16.1 Å². The maximum absolute atomic E-state index is 6.10. The molecule has 0 saturated heterocycles. The van der Waals surface area contributed by atoms with Crippen LogP contribution in [0.5, 0.6) is 0 Å². The van der Waals surface area contributed by atoms with Gasteiger partial charge in [-0.3, -0.25) is 0 Å². The molecule has 0 fully saturated rings. The number of halogens is 7. The highest BCUT2D eigenvalue weighted by atomic mass is 35.8. The maximum atomic E-state index is 6.10. The highest BCUT2D eigenvalue weighted by Crippen LogP contribution is 2.43. The minimum Gasteiger partial charge on any atom is -0.126 e. The van der Waals surface area contributed by atoms with Gasteiger partial charge >= 0.3 is 6.00 Å². The molecular formula is C8H5Cl7Si. The van der Waals surface area contributed by atoms with E-state index in [0.29, 0.717) is 21.2 Å². The number of benzene rings is 1. The second-order valence-electron chi connectivity index (χ2n) is 3.15. The average molecular weight is 377 g/mol. The van der Waals surface area contributed by atoms with Gasteiger partial charge in [0, 0.05) is 11.1 Å². The van der Waals surface area contributed by atoms with Gasteiger partial charge in [0.2, 0.25) is 0 Å². The monoisotopic (exact) mass is 374 g/mol. The van der Waals surface area contributed by atoms with Gasteiger partial charge in [-0.1, -0.05) is 46.4 Å². The Hall–Kier alpha value is 1.47. The zero-order valence-electron chi connectivity index (χ0n) is 7.85. The summed E-state index contributed by atoms with van der Waals surface area (Å²) in [4.78, 5) is 0. The lowest BCUT2D eigenvalue weighted by molar-refractivity contribution is 1.33. The lowest BCUT2D eigenvalue weighted by Gasteiger charge is -2.15. The summed E-state index contributed by atoms with van der Waals surface area (Å²) < 4.78 is 0. The summed E-state index contributed by atoms with van der Waals surface area (Å²) in [5, 5.41) is 1.22. The molecule has 0 aromatic heterocycles. The summed E-state index contributed by atoms with van der Waals surface area (Å²) in [6.45, 7) is 1.73. The molecule has 8 heteroatoms. The molecule has 90 valence electrons. The molecule has 0 unspecified atom stereocenters. The van der Waals surface area contributed by atoms with Gasteiger partial charge < -0.3 is 0 Å². The summed E-state index contributed by atoms with van der Waals surface area (Å²) in [6, 6.07) is -2.68. The SMILES string of the molecule is Cc1c(Cl)c(Cl)c(Cl)c(C[Si](Cl)(Cl)Cl)c1Cl. The second kappa shape index (κ2) is 5.62. The smallest absolute Gasteiger partial charge is 0.126 e. The van der Waals surface area contributed by atoms with Gasteiger partial charge in [0.05, 0.1) is 15.1 Å². The molecule has 16 heavy (non-hydrogen) atoms. The van der Waals surface area contributed by atoms with Crippen molar-refractivity contribution in [1.29, 1.82) is 0 Å². The van der Waals surface area contributed by atoms with Crippen molar-refractivity contribution < 1.29 is 0 Å². The van der Waals surface area contributed by atoms with Crippen molar-refractivity contribution in [3.8, 4) is 0 Å². The van der Waals surface area contributed by atoms with E-state index < -0.39 is 6.00 Å². The fourth-order valence-electron chi connectivity index (χ4n) is 1.17. The van der Waals surface area contributed by atoms with Gasteiger partial charge in [0.15, 0.2) is 0 Å². The van der Waals surface area contributed by atoms with Crippen molar-refractivity contribution in [2.75, 3.05) is 0 Å². The fourth-order valence-corrected chi connectivity index (χ4v) is 4.45. The summed E-state index contributed by atoms with van der Waals surface area (Å²) in [6.07, 6.45) is 0. The number of rotatable bonds is 2. The van der Waals surface area contributed by atoms with Gasteiger partial charge in [-0.15, -0.1) is 33.2 Å². The summed E-state index contributed by atoms with van der Waals surface area (Å²) in [5.41, 5.74) is 1.18. The van der Waals surface area contributed by atoms with Crippen LogP contribution in [0, 0.1) is 6.92 Å². The molecule has 0 saturated carbocycles. The molecule has 0 spiro atoms. The summed E-state index contributed by atoms with van der Waals surface area (Å²) in [7, 11) is 0. The third-order valence-electron chi connectivity index (χ3n) is 1.95. The third kappa shape index (κ3) is 3.49. The van der Waals surface area contributed by atoms with Crippen LogP contribution in [0.25, 0.3) is 0 Å². The molecule has 0 bridgehead atoms. The molecule has 1 rings (SSSR count). The number of hydrogen-bond donors (Lipinski definition) is 0. The third-order valence-corrected chi connectivity index (χ3v) is 5.88. The van der Waals surface area contributed by atoms with E-state index in [2.05, 4.69) is 0 Å². The second-order valence-corrected chi connectivity index (χ2v) is 13.8. The highest BCUT2D eigenvalue weighted by molar-refractivity contribution is 7.64. The van der Waals surface area contributed by atoms with Crippen molar-refractivity contribution in [3.63, 3.8) is 0 Å². The Morgan fingerprint density at radius 2 is 1.31 bits per heavy atom. The zero-order valence-corrected chi connectivity index (χ0v) is 14.1. The molecule has 0 aliphatic heterocycles. The highest BCUT2D eigenvalue weighted by Gasteiger charge is 2.30. The predicted molar refractivity (Wildman–Crippen MR) is 78.2 cm³/mol. The normalized spacial score (nSPS) is 12.0. The molecular weight excluding hydrogens is 372 g/mol. The van der Waals surface area contributed by atoms with Crippen LogP contribution >= 0.6 is 79.6 Å². The number of hydrogen-bond acceptors (Lipinski definition) is 0. The Morgan fingerprint density at radius 1 is 0.812 bits per heavy atom. The van der Waals surface area contributed by atoms with Crippen LogP contribution in [-0.2, 0) is 6.04 Å². The first-order chi connectivity index (χ1) is 7.15. The van der Waals surface area contributed by atoms with E-state index in [4.69, 9.17) is 79.6 Å². The zero-order chi connectivity index (χ0) is 12.7. The van der Waals surface area contributed by atoms with Crippen LogP contribution in [0.4, 0.5) is 0 Å². The van der Waals surface area contributed by atoms with Crippen molar-refractivity contribution in [2.45, 2.75) is 13.0 Å². The lowest BCUT2D eigenvalue weighted by atomic mass is 10.1. The van der Waals surface area contributed by atoms with Crippen molar-refractivity contribution in [3.05, 3.63) is 31.2 Å². The molecule has 0 nitrogen and oxygen atoms in total. The van der Waals surface area contributed by atoms with Gasteiger partial charge in [0.25, 0.3) is 0 Å². The first-order valence-electron chi connectivity index (χ1n) is 4.03. The summed E-state index contributed by atoms with van der Waals surface area (Å²) >= 11 is 41.5. The summed E-state index contributed by atoms with van der Waals surface area (Å²) in [5.74, 6) is 0. The van der Waals surface area contributed by atoms with Crippen LogP contribution in [0.1, 0.15) is 11.1 Å². The van der Waals surface area contributed by atoms with Crippen LogP contribution in [-0.4, -0.2) is 6.00 Å².